The van der Waals surface area contributed by atoms with Crippen molar-refractivity contribution in [3.05, 3.63) is 57.9 Å². The van der Waals surface area contributed by atoms with Gasteiger partial charge < -0.3 is 19.4 Å². The summed E-state index contributed by atoms with van der Waals surface area (Å²) in [5.41, 5.74) is 3.92. The molecule has 0 aliphatic carbocycles. The molecule has 1 aromatic carbocycles. The van der Waals surface area contributed by atoms with E-state index in [1.165, 1.54) is 19.3 Å². The minimum absolute atomic E-state index is 0.198. The Morgan fingerprint density at radius 2 is 1.88 bits per heavy atom. The topological polar surface area (TPSA) is 110 Å². The number of carbonyl (C=O) groups is 3. The fraction of sp³-hybridized carbons (Fsp3) is 0.360. The Balaban J connectivity index is 2.08. The number of nitriles is 1. The summed E-state index contributed by atoms with van der Waals surface area (Å²) in [6.07, 6.45) is 1.48. The SMILES string of the molecule is COC(=O)c1ccc(C)c(NC(=O)COC(=O)/C(C#N)=C/c2cc(C)n(CC(C)C)c2C)c1. The number of hydrogen-bond donors (Lipinski definition) is 1. The summed E-state index contributed by atoms with van der Waals surface area (Å²) in [7, 11) is 1.27. The van der Waals surface area contributed by atoms with Gasteiger partial charge in [-0.2, -0.15) is 5.26 Å². The van der Waals surface area contributed by atoms with Crippen LogP contribution in [0.3, 0.4) is 0 Å². The Labute approximate surface area is 193 Å². The molecule has 0 radical (unpaired) electrons. The van der Waals surface area contributed by atoms with Gasteiger partial charge in [0.1, 0.15) is 11.6 Å². The highest BCUT2D eigenvalue weighted by atomic mass is 16.5. The molecule has 0 saturated carbocycles. The maximum Gasteiger partial charge on any atom is 0.349 e. The van der Waals surface area contributed by atoms with Crippen LogP contribution in [0, 0.1) is 38.0 Å². The largest absolute Gasteiger partial charge is 0.465 e. The molecule has 0 aliphatic heterocycles. The van der Waals surface area contributed by atoms with Crippen LogP contribution >= 0.6 is 0 Å². The van der Waals surface area contributed by atoms with E-state index in [4.69, 9.17) is 4.74 Å². The second-order valence-corrected chi connectivity index (χ2v) is 8.15. The number of carbonyl (C=O) groups excluding carboxylic acids is 3. The molecule has 8 heteroatoms. The smallest absolute Gasteiger partial charge is 0.349 e. The molecule has 1 aromatic heterocycles. The fourth-order valence-electron chi connectivity index (χ4n) is 3.31. The van der Waals surface area contributed by atoms with Gasteiger partial charge in [-0.05, 0) is 62.1 Å². The number of rotatable bonds is 8. The van der Waals surface area contributed by atoms with E-state index in [9.17, 15) is 19.6 Å². The number of nitrogens with one attached hydrogen (secondary N) is 1. The van der Waals surface area contributed by atoms with Crippen LogP contribution in [0.5, 0.6) is 0 Å². The van der Waals surface area contributed by atoms with Crippen molar-refractivity contribution in [1.82, 2.24) is 4.57 Å². The molecule has 2 rings (SSSR count). The monoisotopic (exact) mass is 451 g/mol. The lowest BCUT2D eigenvalue weighted by atomic mass is 10.1. The van der Waals surface area contributed by atoms with Gasteiger partial charge in [0.25, 0.3) is 5.91 Å². The summed E-state index contributed by atoms with van der Waals surface area (Å²) in [6.45, 7) is 10.1. The molecule has 0 atom stereocenters. The second-order valence-electron chi connectivity index (χ2n) is 8.15. The fourth-order valence-corrected chi connectivity index (χ4v) is 3.31. The lowest BCUT2D eigenvalue weighted by Crippen LogP contribution is -2.22. The van der Waals surface area contributed by atoms with Crippen molar-refractivity contribution >= 4 is 29.6 Å². The molecule has 0 aliphatic rings. The number of ether oxygens (including phenoxy) is 2. The zero-order valence-corrected chi connectivity index (χ0v) is 19.8. The van der Waals surface area contributed by atoms with E-state index in [1.807, 2.05) is 26.0 Å². The van der Waals surface area contributed by atoms with Gasteiger partial charge in [0.05, 0.1) is 12.7 Å². The number of esters is 2. The highest BCUT2D eigenvalue weighted by molar-refractivity contribution is 6.00. The van der Waals surface area contributed by atoms with E-state index in [-0.39, 0.29) is 11.1 Å². The van der Waals surface area contributed by atoms with E-state index >= 15 is 0 Å². The minimum atomic E-state index is -0.888. The quantitative estimate of drug-likeness (QED) is 0.370. The lowest BCUT2D eigenvalue weighted by Gasteiger charge is -2.12. The van der Waals surface area contributed by atoms with Gasteiger partial charge in [0.2, 0.25) is 0 Å². The van der Waals surface area contributed by atoms with Gasteiger partial charge in [-0.15, -0.1) is 0 Å². The standard InChI is InChI=1S/C25H29N3O5/c1-15(2)13-28-17(4)9-20(18(28)5)10-21(12-26)25(31)33-14-23(29)27-22-11-19(24(30)32-6)8-7-16(22)3/h7-11,15H,13-14H2,1-6H3,(H,27,29)/b21-10+. The van der Waals surface area contributed by atoms with Crippen molar-refractivity contribution < 1.29 is 23.9 Å². The van der Waals surface area contributed by atoms with Crippen molar-refractivity contribution in [1.29, 1.82) is 5.26 Å². The third kappa shape index (κ3) is 6.56. The molecule has 0 fully saturated rings. The first-order valence-corrected chi connectivity index (χ1v) is 10.5. The summed E-state index contributed by atoms with van der Waals surface area (Å²) >= 11 is 0. The van der Waals surface area contributed by atoms with Crippen molar-refractivity contribution in [3.63, 3.8) is 0 Å². The number of nitrogens with zero attached hydrogens (tertiary/aromatic N) is 2. The Kier molecular flexibility index (Phi) is 8.57. The highest BCUT2D eigenvalue weighted by Crippen LogP contribution is 2.20. The van der Waals surface area contributed by atoms with Gasteiger partial charge in [-0.25, -0.2) is 9.59 Å². The number of hydrogen-bond acceptors (Lipinski definition) is 6. The molecule has 1 N–H and O–H groups in total. The molecular formula is C25H29N3O5. The second kappa shape index (κ2) is 11.1. The van der Waals surface area contributed by atoms with E-state index in [2.05, 4.69) is 28.5 Å². The summed E-state index contributed by atoms with van der Waals surface area (Å²) < 4.78 is 11.9. The van der Waals surface area contributed by atoms with E-state index in [0.29, 0.717) is 11.6 Å². The van der Waals surface area contributed by atoms with Crippen molar-refractivity contribution in [2.45, 2.75) is 41.2 Å². The first kappa shape index (κ1) is 25.4. The molecular weight excluding hydrogens is 422 g/mol. The van der Waals surface area contributed by atoms with Gasteiger partial charge >= 0.3 is 11.9 Å². The number of aromatic nitrogens is 1. The molecule has 174 valence electrons. The highest BCUT2D eigenvalue weighted by Gasteiger charge is 2.17. The maximum absolute atomic E-state index is 12.4. The van der Waals surface area contributed by atoms with E-state index < -0.39 is 24.5 Å². The van der Waals surface area contributed by atoms with Crippen LogP contribution < -0.4 is 5.32 Å². The average Bonchev–Trinajstić information content (AvgIpc) is 3.03. The van der Waals surface area contributed by atoms with Crippen molar-refractivity contribution in [2.75, 3.05) is 19.0 Å². The zero-order chi connectivity index (χ0) is 24.7. The van der Waals surface area contributed by atoms with Gasteiger partial charge in [0.15, 0.2) is 6.61 Å². The predicted molar refractivity (Wildman–Crippen MR) is 124 cm³/mol. The summed E-state index contributed by atoms with van der Waals surface area (Å²) in [4.78, 5) is 36.4. The zero-order valence-electron chi connectivity index (χ0n) is 19.8. The van der Waals surface area contributed by atoms with Crippen molar-refractivity contribution in [2.24, 2.45) is 5.92 Å². The van der Waals surface area contributed by atoms with Crippen LogP contribution in [0.15, 0.2) is 29.8 Å². The summed E-state index contributed by atoms with van der Waals surface area (Å²) in [5, 5.41) is 12.0. The van der Waals surface area contributed by atoms with Crippen LogP contribution in [0.2, 0.25) is 0 Å². The van der Waals surface area contributed by atoms with Crippen LogP contribution in [-0.4, -0.2) is 36.1 Å². The molecule has 8 nitrogen and oxygen atoms in total. The molecule has 0 spiro atoms. The van der Waals surface area contributed by atoms with Gasteiger partial charge in [-0.1, -0.05) is 19.9 Å². The normalized spacial score (nSPS) is 11.2. The van der Waals surface area contributed by atoms with Gasteiger partial charge in [0, 0.05) is 23.6 Å². The Morgan fingerprint density at radius 1 is 1.18 bits per heavy atom. The Morgan fingerprint density at radius 3 is 2.48 bits per heavy atom. The molecule has 1 amide bonds. The van der Waals surface area contributed by atoms with Crippen LogP contribution in [-0.2, 0) is 25.6 Å². The first-order chi connectivity index (χ1) is 15.6. The van der Waals surface area contributed by atoms with Crippen LogP contribution in [0.1, 0.15) is 46.7 Å². The Hall–Kier alpha value is -3.86. The van der Waals surface area contributed by atoms with Crippen molar-refractivity contribution in [3.8, 4) is 6.07 Å². The van der Waals surface area contributed by atoms with Gasteiger partial charge in [-0.3, -0.25) is 4.79 Å². The van der Waals surface area contributed by atoms with Crippen LogP contribution in [0.25, 0.3) is 6.08 Å². The molecule has 2 aromatic rings. The third-order valence-electron chi connectivity index (χ3n) is 5.07. The molecule has 1 heterocycles. The van der Waals surface area contributed by atoms with E-state index in [1.54, 1.807) is 19.1 Å². The summed E-state index contributed by atoms with van der Waals surface area (Å²) in [5.74, 6) is -1.57. The summed E-state index contributed by atoms with van der Waals surface area (Å²) in [6, 6.07) is 8.49. The average molecular weight is 452 g/mol. The molecule has 0 unspecified atom stereocenters. The number of amides is 1. The maximum atomic E-state index is 12.4. The first-order valence-electron chi connectivity index (χ1n) is 10.5. The minimum Gasteiger partial charge on any atom is -0.465 e. The number of methoxy groups -OCH3 is 1. The number of anilines is 1. The lowest BCUT2D eigenvalue weighted by molar-refractivity contribution is -0.142. The number of aryl methyl sites for hydroxylation is 2. The molecule has 33 heavy (non-hydrogen) atoms. The predicted octanol–water partition coefficient (Wildman–Crippen LogP) is 3.94. The third-order valence-corrected chi connectivity index (χ3v) is 5.07. The molecule has 0 bridgehead atoms. The van der Waals surface area contributed by atoms with Crippen LogP contribution in [0.4, 0.5) is 5.69 Å². The Bertz CT molecular complexity index is 1140. The number of benzene rings is 1. The molecule has 0 saturated heterocycles. The van der Waals surface area contributed by atoms with E-state index in [0.717, 1.165) is 29.1 Å².